The van der Waals surface area contributed by atoms with E-state index < -0.39 is 11.7 Å². The van der Waals surface area contributed by atoms with Crippen LogP contribution < -0.4 is 5.32 Å². The van der Waals surface area contributed by atoms with E-state index in [0.29, 0.717) is 29.2 Å². The van der Waals surface area contributed by atoms with Crippen molar-refractivity contribution in [1.82, 2.24) is 9.78 Å². The average Bonchev–Trinajstić information content (AvgIpc) is 3.19. The van der Waals surface area contributed by atoms with Gasteiger partial charge in [0.15, 0.2) is 0 Å². The second-order valence-corrected chi connectivity index (χ2v) is 7.20. The first-order valence-electron chi connectivity index (χ1n) is 8.25. The normalized spacial score (nSPS) is 13.6. The number of hydrogen-bond donors (Lipinski definition) is 1. The van der Waals surface area contributed by atoms with Crippen molar-refractivity contribution >= 4 is 29.0 Å². The summed E-state index contributed by atoms with van der Waals surface area (Å²) in [5, 5.41) is 8.11. The summed E-state index contributed by atoms with van der Waals surface area (Å²) in [6.45, 7) is 2.59. The van der Waals surface area contributed by atoms with Crippen LogP contribution in [0.4, 0.5) is 19.0 Å². The highest BCUT2D eigenvalue weighted by Gasteiger charge is 2.34. The van der Waals surface area contributed by atoms with Gasteiger partial charge in [0.05, 0.1) is 22.0 Å². The second-order valence-electron chi connectivity index (χ2n) is 6.39. The number of nitrogens with zero attached hydrogens (tertiary/aromatic N) is 2. The van der Waals surface area contributed by atoms with Gasteiger partial charge in [-0.25, -0.2) is 4.68 Å². The first-order chi connectivity index (χ1) is 12.8. The highest BCUT2D eigenvalue weighted by Crippen LogP contribution is 2.40. The maximum absolute atomic E-state index is 13.2. The van der Waals surface area contributed by atoms with Gasteiger partial charge in [-0.05, 0) is 43.2 Å². The Balaban J connectivity index is 1.88. The van der Waals surface area contributed by atoms with E-state index in [2.05, 4.69) is 10.4 Å². The molecular weight excluding hydrogens is 398 g/mol. The van der Waals surface area contributed by atoms with E-state index in [1.807, 2.05) is 19.1 Å². The molecule has 0 spiro atoms. The zero-order valence-electron chi connectivity index (χ0n) is 14.2. The van der Waals surface area contributed by atoms with Crippen LogP contribution in [0.15, 0.2) is 36.4 Å². The van der Waals surface area contributed by atoms with Crippen LogP contribution >= 0.6 is 23.2 Å². The van der Waals surface area contributed by atoms with Gasteiger partial charge in [-0.3, -0.25) is 0 Å². The molecule has 2 heterocycles. The quantitative estimate of drug-likeness (QED) is 0.548. The van der Waals surface area contributed by atoms with E-state index in [-0.39, 0.29) is 5.02 Å². The van der Waals surface area contributed by atoms with E-state index in [1.165, 1.54) is 6.07 Å². The Bertz CT molecular complexity index is 1040. The van der Waals surface area contributed by atoms with Crippen molar-refractivity contribution in [3.05, 3.63) is 63.1 Å². The molecular formula is C19H14Cl2F3N3. The number of nitrogens with one attached hydrogen (secondary N) is 1. The molecule has 0 aliphatic carbocycles. The van der Waals surface area contributed by atoms with Crippen molar-refractivity contribution in [1.29, 1.82) is 0 Å². The third-order valence-electron chi connectivity index (χ3n) is 4.60. The lowest BCUT2D eigenvalue weighted by Crippen LogP contribution is -2.06. The Morgan fingerprint density at radius 2 is 1.85 bits per heavy atom. The van der Waals surface area contributed by atoms with Crippen LogP contribution in [0.3, 0.4) is 0 Å². The maximum Gasteiger partial charge on any atom is 0.417 e. The summed E-state index contributed by atoms with van der Waals surface area (Å²) >= 11 is 12.0. The largest absolute Gasteiger partial charge is 0.417 e. The van der Waals surface area contributed by atoms with Gasteiger partial charge in [0.2, 0.25) is 0 Å². The van der Waals surface area contributed by atoms with Crippen LogP contribution in [-0.2, 0) is 12.6 Å². The third-order valence-corrected chi connectivity index (χ3v) is 5.33. The number of aromatic nitrogens is 2. The van der Waals surface area contributed by atoms with Crippen molar-refractivity contribution in [3.8, 4) is 16.9 Å². The number of benzene rings is 2. The van der Waals surface area contributed by atoms with Gasteiger partial charge >= 0.3 is 6.18 Å². The summed E-state index contributed by atoms with van der Waals surface area (Å²) in [6.07, 6.45) is -3.85. The topological polar surface area (TPSA) is 29.9 Å². The highest BCUT2D eigenvalue weighted by molar-refractivity contribution is 6.31. The molecule has 0 radical (unpaired) electrons. The van der Waals surface area contributed by atoms with Crippen molar-refractivity contribution in [2.75, 3.05) is 11.9 Å². The molecule has 8 heteroatoms. The molecule has 0 saturated carbocycles. The van der Waals surface area contributed by atoms with Crippen LogP contribution in [0.5, 0.6) is 0 Å². The van der Waals surface area contributed by atoms with Gasteiger partial charge in [-0.2, -0.15) is 18.3 Å². The van der Waals surface area contributed by atoms with Crippen molar-refractivity contribution in [2.24, 2.45) is 0 Å². The molecule has 3 nitrogen and oxygen atoms in total. The summed E-state index contributed by atoms with van der Waals surface area (Å²) < 4.78 is 41.4. The molecule has 140 valence electrons. The molecule has 0 fully saturated rings. The zero-order valence-corrected chi connectivity index (χ0v) is 15.7. The van der Waals surface area contributed by atoms with Gasteiger partial charge < -0.3 is 5.32 Å². The monoisotopic (exact) mass is 411 g/mol. The minimum atomic E-state index is -4.53. The Morgan fingerprint density at radius 1 is 1.07 bits per heavy atom. The Labute approximate surface area is 163 Å². The predicted molar refractivity (Wildman–Crippen MR) is 101 cm³/mol. The number of aryl methyl sites for hydroxylation is 1. The van der Waals surface area contributed by atoms with Gasteiger partial charge in [0.1, 0.15) is 5.82 Å². The molecule has 3 aromatic rings. The van der Waals surface area contributed by atoms with Crippen LogP contribution in [0.25, 0.3) is 16.9 Å². The molecule has 0 unspecified atom stereocenters. The van der Waals surface area contributed by atoms with E-state index >= 15 is 0 Å². The zero-order chi connectivity index (χ0) is 19.3. The first kappa shape index (κ1) is 18.2. The summed E-state index contributed by atoms with van der Waals surface area (Å²) in [7, 11) is 0. The lowest BCUT2D eigenvalue weighted by Gasteiger charge is -2.10. The van der Waals surface area contributed by atoms with Crippen LogP contribution in [0.1, 0.15) is 16.7 Å². The van der Waals surface area contributed by atoms with E-state index in [1.54, 1.807) is 16.8 Å². The van der Waals surface area contributed by atoms with Crippen molar-refractivity contribution in [2.45, 2.75) is 19.5 Å². The fraction of sp³-hybridized carbons (Fsp3) is 0.211. The fourth-order valence-corrected chi connectivity index (χ4v) is 3.60. The van der Waals surface area contributed by atoms with Crippen LogP contribution in [-0.4, -0.2) is 16.3 Å². The number of hydrogen-bond acceptors (Lipinski definition) is 2. The summed E-state index contributed by atoms with van der Waals surface area (Å²) in [4.78, 5) is 0. The summed E-state index contributed by atoms with van der Waals surface area (Å²) in [5.74, 6) is 0.772. The van der Waals surface area contributed by atoms with Crippen LogP contribution in [0.2, 0.25) is 10.0 Å². The smallest absolute Gasteiger partial charge is 0.369 e. The second kappa shape index (κ2) is 6.46. The predicted octanol–water partition coefficient (Wildman–Crippen LogP) is 6.14. The maximum atomic E-state index is 13.2. The molecule has 1 N–H and O–H groups in total. The number of rotatable bonds is 2. The Kier molecular flexibility index (Phi) is 4.35. The number of alkyl halides is 3. The molecule has 2 aromatic carbocycles. The van der Waals surface area contributed by atoms with Crippen molar-refractivity contribution in [3.63, 3.8) is 0 Å². The standard InChI is InChI=1S/C19H14Cl2F3N3/c1-10-2-4-12(9-16(10)21)27-18-13(6-7-25-18)17(26-27)11-3-5-15(20)14(8-11)19(22,23)24/h2-5,8-9,25H,6-7H2,1H3. The van der Waals surface area contributed by atoms with E-state index in [0.717, 1.165) is 28.7 Å². The van der Waals surface area contributed by atoms with Gasteiger partial charge in [-0.15, -0.1) is 0 Å². The third kappa shape index (κ3) is 3.17. The molecule has 1 aliphatic heterocycles. The average molecular weight is 412 g/mol. The van der Waals surface area contributed by atoms with Gasteiger partial charge in [-0.1, -0.05) is 35.3 Å². The van der Waals surface area contributed by atoms with Gasteiger partial charge in [0.25, 0.3) is 0 Å². The fourth-order valence-electron chi connectivity index (χ4n) is 3.20. The van der Waals surface area contributed by atoms with E-state index in [9.17, 15) is 13.2 Å². The number of fused-ring (bicyclic) bond motifs is 1. The minimum Gasteiger partial charge on any atom is -0.369 e. The van der Waals surface area contributed by atoms with E-state index in [4.69, 9.17) is 23.2 Å². The summed E-state index contributed by atoms with van der Waals surface area (Å²) in [6, 6.07) is 9.42. The lowest BCUT2D eigenvalue weighted by atomic mass is 10.0. The molecule has 27 heavy (non-hydrogen) atoms. The molecule has 4 rings (SSSR count). The molecule has 0 atom stereocenters. The first-order valence-corrected chi connectivity index (χ1v) is 9.00. The number of halogens is 5. The molecule has 0 bridgehead atoms. The highest BCUT2D eigenvalue weighted by atomic mass is 35.5. The van der Waals surface area contributed by atoms with Gasteiger partial charge in [0, 0.05) is 22.7 Å². The summed E-state index contributed by atoms with van der Waals surface area (Å²) in [5.41, 5.74) is 2.58. The molecule has 1 aliphatic rings. The van der Waals surface area contributed by atoms with Crippen LogP contribution in [0, 0.1) is 6.92 Å². The molecule has 0 saturated heterocycles. The number of anilines is 1. The molecule has 0 amide bonds. The lowest BCUT2D eigenvalue weighted by molar-refractivity contribution is -0.137. The van der Waals surface area contributed by atoms with Crippen molar-refractivity contribution < 1.29 is 13.2 Å². The Hall–Kier alpha value is -2.18. The minimum absolute atomic E-state index is 0.328. The SMILES string of the molecule is Cc1ccc(-n2nc(-c3ccc(Cl)c(C(F)(F)F)c3)c3c2NCC3)cc1Cl. The molecule has 1 aromatic heterocycles. The Morgan fingerprint density at radius 3 is 2.56 bits per heavy atom.